The van der Waals surface area contributed by atoms with Crippen LogP contribution in [0.4, 0.5) is 0 Å². The minimum Gasteiger partial charge on any atom is -0.393 e. The lowest BCUT2D eigenvalue weighted by atomic mass is 10.0. The third-order valence-corrected chi connectivity index (χ3v) is 3.56. The van der Waals surface area contributed by atoms with E-state index in [-0.39, 0.29) is 6.10 Å². The second kappa shape index (κ2) is 9.51. The highest BCUT2D eigenvalue weighted by Gasteiger charge is 2.06. The van der Waals surface area contributed by atoms with Crippen molar-refractivity contribution in [2.75, 3.05) is 0 Å². The molecule has 1 aromatic heterocycles. The van der Waals surface area contributed by atoms with E-state index in [2.05, 4.69) is 27.8 Å². The summed E-state index contributed by atoms with van der Waals surface area (Å²) in [4.78, 5) is 4.11. The number of pyridine rings is 1. The Morgan fingerprint density at radius 1 is 1.17 bits per heavy atom. The van der Waals surface area contributed by atoms with Gasteiger partial charge in [-0.15, -0.1) is 0 Å². The first-order valence-corrected chi connectivity index (χ1v) is 7.79. The third-order valence-electron chi connectivity index (χ3n) is 3.12. The van der Waals surface area contributed by atoms with Crippen LogP contribution in [0, 0.1) is 0 Å². The monoisotopic (exact) mass is 313 g/mol. The van der Waals surface area contributed by atoms with Gasteiger partial charge in [-0.3, -0.25) is 4.98 Å². The molecule has 0 aromatic carbocycles. The number of halogens is 1. The number of aliphatic hydroxyl groups is 1. The molecule has 18 heavy (non-hydrogen) atoms. The molecule has 0 amide bonds. The van der Waals surface area contributed by atoms with E-state index < -0.39 is 0 Å². The summed E-state index contributed by atoms with van der Waals surface area (Å²) in [7, 11) is 0. The first-order valence-electron chi connectivity index (χ1n) is 7.00. The van der Waals surface area contributed by atoms with Crippen molar-refractivity contribution in [3.63, 3.8) is 0 Å². The Morgan fingerprint density at radius 3 is 2.61 bits per heavy atom. The fourth-order valence-electron chi connectivity index (χ4n) is 2.10. The lowest BCUT2D eigenvalue weighted by molar-refractivity contribution is 0.160. The molecule has 1 N–H and O–H groups in total. The van der Waals surface area contributed by atoms with E-state index >= 15 is 0 Å². The van der Waals surface area contributed by atoms with Crippen molar-refractivity contribution in [1.29, 1.82) is 0 Å². The zero-order valence-electron chi connectivity index (χ0n) is 11.2. The second-order valence-electron chi connectivity index (χ2n) is 4.93. The van der Waals surface area contributed by atoms with Crippen LogP contribution in [0.3, 0.4) is 0 Å². The summed E-state index contributed by atoms with van der Waals surface area (Å²) in [6.07, 6.45) is 12.6. The second-order valence-corrected chi connectivity index (χ2v) is 5.84. The van der Waals surface area contributed by atoms with E-state index in [4.69, 9.17) is 0 Å². The smallest absolute Gasteiger partial charge is 0.0581 e. The van der Waals surface area contributed by atoms with Crippen LogP contribution >= 0.6 is 15.9 Å². The predicted molar refractivity (Wildman–Crippen MR) is 79.6 cm³/mol. The number of hydrogen-bond acceptors (Lipinski definition) is 2. The van der Waals surface area contributed by atoms with Crippen molar-refractivity contribution in [1.82, 2.24) is 4.98 Å². The lowest BCUT2D eigenvalue weighted by Gasteiger charge is -2.10. The Balaban J connectivity index is 2.12. The molecule has 3 heteroatoms. The fraction of sp³-hybridized carbons (Fsp3) is 0.667. The zero-order valence-corrected chi connectivity index (χ0v) is 12.8. The van der Waals surface area contributed by atoms with E-state index in [1.54, 1.807) is 6.20 Å². The van der Waals surface area contributed by atoms with Gasteiger partial charge in [0.25, 0.3) is 0 Å². The van der Waals surface area contributed by atoms with Crippen LogP contribution in [0.25, 0.3) is 0 Å². The van der Waals surface area contributed by atoms with Gasteiger partial charge in [0.2, 0.25) is 0 Å². The highest BCUT2D eigenvalue weighted by atomic mass is 79.9. The van der Waals surface area contributed by atoms with Gasteiger partial charge in [0.05, 0.1) is 6.10 Å². The molecule has 0 aliphatic rings. The van der Waals surface area contributed by atoms with Gasteiger partial charge in [0, 0.05) is 16.9 Å². The van der Waals surface area contributed by atoms with Crippen LogP contribution in [0.15, 0.2) is 22.9 Å². The van der Waals surface area contributed by atoms with Gasteiger partial charge >= 0.3 is 0 Å². The summed E-state index contributed by atoms with van der Waals surface area (Å²) >= 11 is 3.40. The predicted octanol–water partition coefficient (Wildman–Crippen LogP) is 4.50. The molecular formula is C15H24BrNO. The summed E-state index contributed by atoms with van der Waals surface area (Å²) in [5.74, 6) is 0. The van der Waals surface area contributed by atoms with Crippen LogP contribution in [0.5, 0.6) is 0 Å². The number of aromatic nitrogens is 1. The molecule has 0 fully saturated rings. The highest BCUT2D eigenvalue weighted by Crippen LogP contribution is 2.14. The standard InChI is InChI=1S/C15H24BrNO/c1-2-3-4-5-6-7-8-15(18)10-13-9-14(16)12-17-11-13/h9,11-12,15,18H,2-8,10H2,1H3. The molecule has 0 spiro atoms. The van der Waals surface area contributed by atoms with Gasteiger partial charge in [-0.25, -0.2) is 0 Å². The Kier molecular flexibility index (Phi) is 8.27. The van der Waals surface area contributed by atoms with Crippen molar-refractivity contribution < 1.29 is 5.11 Å². The molecule has 102 valence electrons. The average molecular weight is 314 g/mol. The molecule has 1 heterocycles. The van der Waals surface area contributed by atoms with Gasteiger partial charge in [0.15, 0.2) is 0 Å². The van der Waals surface area contributed by atoms with E-state index in [1.807, 2.05) is 12.3 Å². The number of nitrogens with zero attached hydrogens (tertiary/aromatic N) is 1. The van der Waals surface area contributed by atoms with Crippen LogP contribution in [-0.4, -0.2) is 16.2 Å². The van der Waals surface area contributed by atoms with Gasteiger partial charge in [-0.1, -0.05) is 45.4 Å². The van der Waals surface area contributed by atoms with Gasteiger partial charge in [-0.05, 0) is 40.4 Å². The van der Waals surface area contributed by atoms with E-state index in [1.165, 1.54) is 32.1 Å². The van der Waals surface area contributed by atoms with Crippen LogP contribution in [0.1, 0.15) is 57.4 Å². The Labute approximate surface area is 119 Å². The van der Waals surface area contributed by atoms with E-state index in [0.29, 0.717) is 6.42 Å². The normalized spacial score (nSPS) is 12.6. The molecule has 0 saturated heterocycles. The molecule has 0 aliphatic heterocycles. The first-order chi connectivity index (χ1) is 8.72. The molecule has 1 aromatic rings. The lowest BCUT2D eigenvalue weighted by Crippen LogP contribution is -2.10. The minimum absolute atomic E-state index is 0.229. The van der Waals surface area contributed by atoms with Crippen molar-refractivity contribution in [2.45, 2.75) is 64.4 Å². The van der Waals surface area contributed by atoms with Gasteiger partial charge < -0.3 is 5.11 Å². The number of hydrogen-bond donors (Lipinski definition) is 1. The largest absolute Gasteiger partial charge is 0.393 e. The van der Waals surface area contributed by atoms with Crippen LogP contribution in [0.2, 0.25) is 0 Å². The molecule has 0 saturated carbocycles. The summed E-state index contributed by atoms with van der Waals surface area (Å²) in [6, 6.07) is 2.03. The van der Waals surface area contributed by atoms with E-state index in [9.17, 15) is 5.11 Å². The summed E-state index contributed by atoms with van der Waals surface area (Å²) < 4.78 is 0.978. The van der Waals surface area contributed by atoms with Gasteiger partial charge in [0.1, 0.15) is 0 Å². The quantitative estimate of drug-likeness (QED) is 0.681. The van der Waals surface area contributed by atoms with E-state index in [0.717, 1.165) is 22.9 Å². The topological polar surface area (TPSA) is 33.1 Å². The fourth-order valence-corrected chi connectivity index (χ4v) is 2.51. The first kappa shape index (κ1) is 15.6. The third kappa shape index (κ3) is 7.12. The maximum absolute atomic E-state index is 9.95. The molecule has 1 rings (SSSR count). The average Bonchev–Trinajstić information content (AvgIpc) is 2.33. The van der Waals surface area contributed by atoms with Crippen molar-refractivity contribution in [3.8, 4) is 0 Å². The molecule has 0 aliphatic carbocycles. The Morgan fingerprint density at radius 2 is 1.89 bits per heavy atom. The summed E-state index contributed by atoms with van der Waals surface area (Å²) in [5.41, 5.74) is 1.10. The molecule has 1 atom stereocenters. The molecular weight excluding hydrogens is 290 g/mol. The maximum atomic E-state index is 9.95. The van der Waals surface area contributed by atoms with Crippen molar-refractivity contribution >= 4 is 15.9 Å². The zero-order chi connectivity index (χ0) is 13.2. The molecule has 2 nitrogen and oxygen atoms in total. The van der Waals surface area contributed by atoms with Crippen LogP contribution in [-0.2, 0) is 6.42 Å². The summed E-state index contributed by atoms with van der Waals surface area (Å²) in [5, 5.41) is 9.95. The SMILES string of the molecule is CCCCCCCCC(O)Cc1cncc(Br)c1. The Bertz CT molecular complexity index is 330. The van der Waals surface area contributed by atoms with Crippen LogP contribution < -0.4 is 0 Å². The number of unbranched alkanes of at least 4 members (excludes halogenated alkanes) is 5. The molecule has 1 unspecified atom stereocenters. The minimum atomic E-state index is -0.229. The number of rotatable bonds is 9. The van der Waals surface area contributed by atoms with Gasteiger partial charge in [-0.2, -0.15) is 0 Å². The highest BCUT2D eigenvalue weighted by molar-refractivity contribution is 9.10. The maximum Gasteiger partial charge on any atom is 0.0581 e. The summed E-state index contributed by atoms with van der Waals surface area (Å²) in [6.45, 7) is 2.23. The van der Waals surface area contributed by atoms with Crippen molar-refractivity contribution in [3.05, 3.63) is 28.5 Å². The molecule has 0 radical (unpaired) electrons. The molecule has 0 bridgehead atoms. The van der Waals surface area contributed by atoms with Crippen molar-refractivity contribution in [2.24, 2.45) is 0 Å². The number of aliphatic hydroxyl groups excluding tert-OH is 1. The Hall–Kier alpha value is -0.410.